The van der Waals surface area contributed by atoms with Gasteiger partial charge in [-0.05, 0) is 38.1 Å². The second-order valence-corrected chi connectivity index (χ2v) is 3.52. The van der Waals surface area contributed by atoms with Gasteiger partial charge < -0.3 is 10.6 Å². The largest absolute Gasteiger partial charge is 0.315 e. The summed E-state index contributed by atoms with van der Waals surface area (Å²) in [4.78, 5) is 0. The maximum absolute atomic E-state index is 4.16. The van der Waals surface area contributed by atoms with E-state index in [9.17, 15) is 0 Å². The van der Waals surface area contributed by atoms with E-state index in [0.717, 1.165) is 18.8 Å². The molecule has 0 spiro atoms. The molecule has 1 rings (SSSR count). The Morgan fingerprint density at radius 3 is 3.09 bits per heavy atom. The second kappa shape index (κ2) is 5.86. The van der Waals surface area contributed by atoms with E-state index in [2.05, 4.69) is 23.3 Å². The number of piperidine rings is 1. The summed E-state index contributed by atoms with van der Waals surface area (Å²) in [6, 6.07) is 0.712. The van der Waals surface area contributed by atoms with E-state index in [1.807, 2.05) is 0 Å². The zero-order chi connectivity index (χ0) is 7.94. The third-order valence-electron chi connectivity index (χ3n) is 2.06. The summed E-state index contributed by atoms with van der Waals surface area (Å²) in [5, 5.41) is 6.89. The van der Waals surface area contributed by atoms with Gasteiger partial charge in [0.1, 0.15) is 0 Å². The zero-order valence-electron chi connectivity index (χ0n) is 6.97. The fraction of sp³-hybridized carbons (Fsp3) is 1.00. The van der Waals surface area contributed by atoms with Crippen molar-refractivity contribution in [3.63, 3.8) is 0 Å². The van der Waals surface area contributed by atoms with Gasteiger partial charge in [0.05, 0.1) is 0 Å². The molecular formula is C8H18N2S. The van der Waals surface area contributed by atoms with Gasteiger partial charge in [-0.1, -0.05) is 0 Å². The minimum atomic E-state index is 0.712. The summed E-state index contributed by atoms with van der Waals surface area (Å²) >= 11 is 4.16. The lowest BCUT2D eigenvalue weighted by molar-refractivity contribution is 0.391. The van der Waals surface area contributed by atoms with Crippen LogP contribution in [0.1, 0.15) is 19.3 Å². The van der Waals surface area contributed by atoms with Crippen LogP contribution in [0.3, 0.4) is 0 Å². The van der Waals surface area contributed by atoms with Crippen LogP contribution in [-0.4, -0.2) is 31.4 Å². The zero-order valence-corrected chi connectivity index (χ0v) is 7.87. The quantitative estimate of drug-likeness (QED) is 0.430. The molecule has 0 aromatic rings. The topological polar surface area (TPSA) is 24.1 Å². The summed E-state index contributed by atoms with van der Waals surface area (Å²) in [7, 11) is 0. The van der Waals surface area contributed by atoms with Crippen molar-refractivity contribution < 1.29 is 0 Å². The molecule has 1 heterocycles. The van der Waals surface area contributed by atoms with Crippen LogP contribution >= 0.6 is 12.6 Å². The van der Waals surface area contributed by atoms with Crippen molar-refractivity contribution in [3.8, 4) is 0 Å². The van der Waals surface area contributed by atoms with Crippen molar-refractivity contribution in [1.82, 2.24) is 10.6 Å². The van der Waals surface area contributed by atoms with Gasteiger partial charge in [0.15, 0.2) is 0 Å². The Hall–Kier alpha value is 0.270. The van der Waals surface area contributed by atoms with Gasteiger partial charge in [-0.15, -0.1) is 0 Å². The lowest BCUT2D eigenvalue weighted by Gasteiger charge is -2.23. The van der Waals surface area contributed by atoms with Crippen LogP contribution in [0.4, 0.5) is 0 Å². The highest BCUT2D eigenvalue weighted by Crippen LogP contribution is 2.00. The van der Waals surface area contributed by atoms with Gasteiger partial charge >= 0.3 is 0 Å². The Balaban J connectivity index is 1.96. The van der Waals surface area contributed by atoms with Crippen LogP contribution in [0.5, 0.6) is 0 Å². The fourth-order valence-electron chi connectivity index (χ4n) is 1.41. The van der Waals surface area contributed by atoms with Crippen molar-refractivity contribution in [3.05, 3.63) is 0 Å². The highest BCUT2D eigenvalue weighted by atomic mass is 32.1. The summed E-state index contributed by atoms with van der Waals surface area (Å²) < 4.78 is 0. The van der Waals surface area contributed by atoms with Gasteiger partial charge in [-0.2, -0.15) is 12.6 Å². The molecule has 1 saturated heterocycles. The first-order chi connectivity index (χ1) is 5.43. The summed E-state index contributed by atoms with van der Waals surface area (Å²) in [6.07, 6.45) is 3.83. The van der Waals surface area contributed by atoms with E-state index < -0.39 is 0 Å². The SMILES string of the molecule is SCCCNC1CCCNC1. The maximum atomic E-state index is 4.16. The fourth-order valence-corrected chi connectivity index (χ4v) is 1.57. The van der Waals surface area contributed by atoms with Crippen molar-refractivity contribution in [2.75, 3.05) is 25.4 Å². The molecule has 1 unspecified atom stereocenters. The molecule has 66 valence electrons. The molecule has 0 bridgehead atoms. The van der Waals surface area contributed by atoms with Crippen molar-refractivity contribution in [2.24, 2.45) is 0 Å². The maximum Gasteiger partial charge on any atom is 0.0192 e. The lowest BCUT2D eigenvalue weighted by Crippen LogP contribution is -2.43. The van der Waals surface area contributed by atoms with E-state index in [1.54, 1.807) is 0 Å². The number of nitrogens with one attached hydrogen (secondary N) is 2. The minimum absolute atomic E-state index is 0.712. The summed E-state index contributed by atoms with van der Waals surface area (Å²) in [5.41, 5.74) is 0. The molecular weight excluding hydrogens is 156 g/mol. The molecule has 1 aliphatic rings. The molecule has 0 amide bonds. The van der Waals surface area contributed by atoms with E-state index in [4.69, 9.17) is 0 Å². The highest BCUT2D eigenvalue weighted by Gasteiger charge is 2.10. The average Bonchev–Trinajstić information content (AvgIpc) is 2.07. The van der Waals surface area contributed by atoms with Gasteiger partial charge in [0.25, 0.3) is 0 Å². The second-order valence-electron chi connectivity index (χ2n) is 3.07. The number of rotatable bonds is 4. The molecule has 1 fully saturated rings. The van der Waals surface area contributed by atoms with E-state index in [0.29, 0.717) is 6.04 Å². The first-order valence-corrected chi connectivity index (χ1v) is 5.11. The van der Waals surface area contributed by atoms with Crippen molar-refractivity contribution >= 4 is 12.6 Å². The van der Waals surface area contributed by atoms with Crippen LogP contribution in [0.25, 0.3) is 0 Å². The predicted octanol–water partition coefficient (Wildman–Crippen LogP) is 0.648. The van der Waals surface area contributed by atoms with Gasteiger partial charge in [0, 0.05) is 12.6 Å². The molecule has 0 aliphatic carbocycles. The molecule has 2 N–H and O–H groups in total. The Kier molecular flexibility index (Phi) is 4.99. The first kappa shape index (κ1) is 9.36. The number of hydrogen-bond donors (Lipinski definition) is 3. The van der Waals surface area contributed by atoms with Crippen LogP contribution in [0, 0.1) is 0 Å². The number of hydrogen-bond acceptors (Lipinski definition) is 3. The van der Waals surface area contributed by atoms with E-state index in [1.165, 1.54) is 25.8 Å². The first-order valence-electron chi connectivity index (χ1n) is 4.48. The Morgan fingerprint density at radius 1 is 1.55 bits per heavy atom. The molecule has 11 heavy (non-hydrogen) atoms. The summed E-state index contributed by atoms with van der Waals surface area (Å²) in [6.45, 7) is 3.47. The molecule has 2 nitrogen and oxygen atoms in total. The Bertz CT molecular complexity index is 92.1. The van der Waals surface area contributed by atoms with Crippen molar-refractivity contribution in [2.45, 2.75) is 25.3 Å². The van der Waals surface area contributed by atoms with Crippen LogP contribution in [0.15, 0.2) is 0 Å². The molecule has 0 saturated carbocycles. The normalized spacial score (nSPS) is 25.4. The molecule has 3 heteroatoms. The molecule has 0 aromatic heterocycles. The predicted molar refractivity (Wildman–Crippen MR) is 52.4 cm³/mol. The monoisotopic (exact) mass is 174 g/mol. The van der Waals surface area contributed by atoms with Gasteiger partial charge in [-0.3, -0.25) is 0 Å². The summed E-state index contributed by atoms with van der Waals surface area (Å²) in [5.74, 6) is 0.993. The van der Waals surface area contributed by atoms with Gasteiger partial charge in [0.2, 0.25) is 0 Å². The van der Waals surface area contributed by atoms with Crippen LogP contribution in [-0.2, 0) is 0 Å². The van der Waals surface area contributed by atoms with E-state index in [-0.39, 0.29) is 0 Å². The number of thiol groups is 1. The minimum Gasteiger partial charge on any atom is -0.315 e. The molecule has 0 aromatic carbocycles. The molecule has 0 radical (unpaired) electrons. The third kappa shape index (κ3) is 3.99. The molecule has 1 atom stereocenters. The average molecular weight is 174 g/mol. The van der Waals surface area contributed by atoms with E-state index >= 15 is 0 Å². The Labute approximate surface area is 74.5 Å². The molecule has 1 aliphatic heterocycles. The smallest absolute Gasteiger partial charge is 0.0192 e. The Morgan fingerprint density at radius 2 is 2.45 bits per heavy atom. The van der Waals surface area contributed by atoms with Gasteiger partial charge in [-0.25, -0.2) is 0 Å². The standard InChI is InChI=1S/C8H18N2S/c11-6-2-5-10-8-3-1-4-9-7-8/h8-11H,1-7H2. The highest BCUT2D eigenvalue weighted by molar-refractivity contribution is 7.80. The van der Waals surface area contributed by atoms with Crippen LogP contribution < -0.4 is 10.6 Å². The van der Waals surface area contributed by atoms with Crippen molar-refractivity contribution in [1.29, 1.82) is 0 Å². The van der Waals surface area contributed by atoms with Crippen LogP contribution in [0.2, 0.25) is 0 Å². The third-order valence-corrected chi connectivity index (χ3v) is 2.38. The lowest BCUT2D eigenvalue weighted by atomic mass is 10.1.